The Morgan fingerprint density at radius 3 is 1.94 bits per heavy atom. The van der Waals surface area contributed by atoms with Gasteiger partial charge in [0, 0.05) is 13.1 Å². The zero-order valence-corrected chi connectivity index (χ0v) is 10.3. The summed E-state index contributed by atoms with van der Waals surface area (Å²) in [5.74, 6) is -2.48. The van der Waals surface area contributed by atoms with Crippen LogP contribution < -0.4 is 0 Å². The molecule has 2 N–H and O–H groups in total. The first-order chi connectivity index (χ1) is 8.41. The molecule has 102 valence electrons. The molecular weight excluding hydrogens is 240 g/mol. The van der Waals surface area contributed by atoms with Crippen molar-refractivity contribution in [2.45, 2.75) is 25.8 Å². The van der Waals surface area contributed by atoms with E-state index in [2.05, 4.69) is 0 Å². The Morgan fingerprint density at radius 1 is 1.11 bits per heavy atom. The van der Waals surface area contributed by atoms with Gasteiger partial charge in [0.05, 0.1) is 19.1 Å². The summed E-state index contributed by atoms with van der Waals surface area (Å²) < 4.78 is 0. The molecule has 0 aromatic rings. The van der Waals surface area contributed by atoms with Crippen LogP contribution in [0.4, 0.5) is 0 Å². The molecule has 1 aliphatic rings. The summed E-state index contributed by atoms with van der Waals surface area (Å²) in [6.07, 6.45) is 1.88. The Morgan fingerprint density at radius 2 is 1.56 bits per heavy atom. The second-order valence-electron chi connectivity index (χ2n) is 4.40. The molecule has 0 aliphatic carbocycles. The zero-order chi connectivity index (χ0) is 13.7. The minimum absolute atomic E-state index is 0.199. The van der Waals surface area contributed by atoms with E-state index in [0.29, 0.717) is 13.1 Å². The summed E-state index contributed by atoms with van der Waals surface area (Å²) in [7, 11) is 0. The summed E-state index contributed by atoms with van der Waals surface area (Å²) >= 11 is 0. The van der Waals surface area contributed by atoms with E-state index < -0.39 is 31.1 Å². The lowest BCUT2D eigenvalue weighted by atomic mass is 10.2. The van der Waals surface area contributed by atoms with Gasteiger partial charge in [-0.25, -0.2) is 0 Å². The fourth-order valence-corrected chi connectivity index (χ4v) is 2.04. The number of likely N-dealkylation sites (tertiary alicyclic amines) is 1. The van der Waals surface area contributed by atoms with Gasteiger partial charge in [0.1, 0.15) is 0 Å². The van der Waals surface area contributed by atoms with Crippen LogP contribution in [0.1, 0.15) is 19.8 Å². The Bertz CT molecular complexity index is 322. The molecule has 7 heteroatoms. The number of carbonyl (C=O) groups excluding carboxylic acids is 1. The van der Waals surface area contributed by atoms with E-state index in [-0.39, 0.29) is 5.91 Å². The number of carboxylic acid groups (broad SMARTS) is 2. The Hall–Kier alpha value is -1.63. The van der Waals surface area contributed by atoms with Crippen molar-refractivity contribution in [2.24, 2.45) is 0 Å². The summed E-state index contributed by atoms with van der Waals surface area (Å²) in [6.45, 7) is 1.97. The number of nitrogens with zero attached hydrogens (tertiary/aromatic N) is 2. The second-order valence-corrected chi connectivity index (χ2v) is 4.40. The standard InChI is InChI=1S/C11H18N2O5/c1-8(11(18)12-4-2-3-5-12)13(6-9(14)15)7-10(16)17/h8H,2-7H2,1H3,(H,14,15)(H,16,17). The van der Waals surface area contributed by atoms with E-state index in [1.807, 2.05) is 0 Å². The quantitative estimate of drug-likeness (QED) is 0.664. The summed E-state index contributed by atoms with van der Waals surface area (Å²) in [5, 5.41) is 17.5. The van der Waals surface area contributed by atoms with Crippen molar-refractivity contribution >= 4 is 17.8 Å². The summed E-state index contributed by atoms with van der Waals surface area (Å²) in [5.41, 5.74) is 0. The molecule has 0 saturated carbocycles. The third-order valence-electron chi connectivity index (χ3n) is 3.00. The second kappa shape index (κ2) is 6.34. The van der Waals surface area contributed by atoms with Crippen molar-refractivity contribution < 1.29 is 24.6 Å². The number of rotatable bonds is 6. The van der Waals surface area contributed by atoms with Crippen molar-refractivity contribution in [3.63, 3.8) is 0 Å². The third-order valence-corrected chi connectivity index (χ3v) is 3.00. The van der Waals surface area contributed by atoms with Gasteiger partial charge in [0.2, 0.25) is 5.91 Å². The lowest BCUT2D eigenvalue weighted by Crippen LogP contribution is -2.49. The van der Waals surface area contributed by atoms with Crippen molar-refractivity contribution in [3.05, 3.63) is 0 Å². The molecule has 1 amide bonds. The molecule has 0 aromatic carbocycles. The Labute approximate surface area is 105 Å². The first-order valence-electron chi connectivity index (χ1n) is 5.88. The zero-order valence-electron chi connectivity index (χ0n) is 10.3. The first-order valence-corrected chi connectivity index (χ1v) is 5.88. The molecule has 1 saturated heterocycles. The van der Waals surface area contributed by atoms with Crippen molar-refractivity contribution in [3.8, 4) is 0 Å². The van der Waals surface area contributed by atoms with Crippen LogP contribution in [-0.2, 0) is 14.4 Å². The number of carboxylic acids is 2. The van der Waals surface area contributed by atoms with Gasteiger partial charge in [-0.15, -0.1) is 0 Å². The number of hydrogen-bond acceptors (Lipinski definition) is 4. The maximum absolute atomic E-state index is 12.0. The molecule has 1 heterocycles. The van der Waals surface area contributed by atoms with E-state index in [4.69, 9.17) is 10.2 Å². The molecule has 0 aromatic heterocycles. The molecule has 0 radical (unpaired) electrons. The van der Waals surface area contributed by atoms with E-state index in [0.717, 1.165) is 17.7 Å². The molecule has 18 heavy (non-hydrogen) atoms. The molecule has 1 atom stereocenters. The predicted molar refractivity (Wildman–Crippen MR) is 62.1 cm³/mol. The molecular formula is C11H18N2O5. The van der Waals surface area contributed by atoms with Crippen LogP contribution in [0.25, 0.3) is 0 Å². The SMILES string of the molecule is CC(C(=O)N1CCCC1)N(CC(=O)O)CC(=O)O. The highest BCUT2D eigenvalue weighted by atomic mass is 16.4. The van der Waals surface area contributed by atoms with Crippen molar-refractivity contribution in [1.82, 2.24) is 9.80 Å². The summed E-state index contributed by atoms with van der Waals surface area (Å²) in [6, 6.07) is -0.727. The fourth-order valence-electron chi connectivity index (χ4n) is 2.04. The van der Waals surface area contributed by atoms with Gasteiger partial charge >= 0.3 is 11.9 Å². The average molecular weight is 258 g/mol. The maximum Gasteiger partial charge on any atom is 0.317 e. The Kier molecular flexibility index (Phi) is 5.08. The van der Waals surface area contributed by atoms with Gasteiger partial charge in [-0.1, -0.05) is 0 Å². The minimum Gasteiger partial charge on any atom is -0.480 e. The monoisotopic (exact) mass is 258 g/mol. The number of aliphatic carboxylic acids is 2. The average Bonchev–Trinajstić information content (AvgIpc) is 2.78. The largest absolute Gasteiger partial charge is 0.480 e. The van der Waals surface area contributed by atoms with Crippen LogP contribution in [-0.4, -0.2) is 70.1 Å². The minimum atomic E-state index is -1.14. The molecule has 1 unspecified atom stereocenters. The number of amides is 1. The van der Waals surface area contributed by atoms with E-state index in [1.165, 1.54) is 0 Å². The molecule has 1 aliphatic heterocycles. The van der Waals surface area contributed by atoms with Crippen LogP contribution >= 0.6 is 0 Å². The topological polar surface area (TPSA) is 98.2 Å². The highest BCUT2D eigenvalue weighted by Gasteiger charge is 2.29. The molecule has 0 bridgehead atoms. The van der Waals surface area contributed by atoms with E-state index in [1.54, 1.807) is 11.8 Å². The van der Waals surface area contributed by atoms with E-state index in [9.17, 15) is 14.4 Å². The van der Waals surface area contributed by atoms with Gasteiger partial charge in [-0.05, 0) is 19.8 Å². The van der Waals surface area contributed by atoms with Crippen LogP contribution in [0, 0.1) is 0 Å². The van der Waals surface area contributed by atoms with Crippen LogP contribution in [0.3, 0.4) is 0 Å². The lowest BCUT2D eigenvalue weighted by molar-refractivity contribution is -0.145. The molecule has 0 spiro atoms. The fraction of sp³-hybridized carbons (Fsp3) is 0.727. The third kappa shape index (κ3) is 3.99. The van der Waals surface area contributed by atoms with Gasteiger partial charge in [-0.2, -0.15) is 0 Å². The Balaban J connectivity index is 2.66. The highest BCUT2D eigenvalue weighted by Crippen LogP contribution is 2.12. The lowest BCUT2D eigenvalue weighted by Gasteiger charge is -2.28. The molecule has 7 nitrogen and oxygen atoms in total. The molecule has 1 rings (SSSR count). The maximum atomic E-state index is 12.0. The van der Waals surface area contributed by atoms with Gasteiger partial charge in [0.25, 0.3) is 0 Å². The summed E-state index contributed by atoms with van der Waals surface area (Å²) in [4.78, 5) is 36.2. The van der Waals surface area contributed by atoms with Crippen molar-refractivity contribution in [1.29, 1.82) is 0 Å². The van der Waals surface area contributed by atoms with Gasteiger partial charge < -0.3 is 15.1 Å². The number of carbonyl (C=O) groups is 3. The smallest absolute Gasteiger partial charge is 0.317 e. The first kappa shape index (κ1) is 14.4. The highest BCUT2D eigenvalue weighted by molar-refractivity contribution is 5.83. The van der Waals surface area contributed by atoms with Crippen LogP contribution in [0.5, 0.6) is 0 Å². The van der Waals surface area contributed by atoms with Gasteiger partial charge in [-0.3, -0.25) is 19.3 Å². The predicted octanol–water partition coefficient (Wildman–Crippen LogP) is -0.531. The van der Waals surface area contributed by atoms with Crippen LogP contribution in [0.15, 0.2) is 0 Å². The molecule has 1 fully saturated rings. The number of hydrogen-bond donors (Lipinski definition) is 2. The van der Waals surface area contributed by atoms with Crippen LogP contribution in [0.2, 0.25) is 0 Å². The normalized spacial score (nSPS) is 16.9. The van der Waals surface area contributed by atoms with Crippen molar-refractivity contribution in [2.75, 3.05) is 26.2 Å². The van der Waals surface area contributed by atoms with Gasteiger partial charge in [0.15, 0.2) is 0 Å². The van der Waals surface area contributed by atoms with E-state index >= 15 is 0 Å².